The molecular weight excluding hydrogens is 330 g/mol. The second-order valence-corrected chi connectivity index (χ2v) is 6.31. The van der Waals surface area contributed by atoms with Gasteiger partial charge in [0.15, 0.2) is 5.82 Å². The summed E-state index contributed by atoms with van der Waals surface area (Å²) in [6.45, 7) is 4.12. The zero-order chi connectivity index (χ0) is 18.8. The van der Waals surface area contributed by atoms with Gasteiger partial charge in [-0.25, -0.2) is 14.8 Å². The zero-order valence-corrected chi connectivity index (χ0v) is 15.2. The van der Waals surface area contributed by atoms with E-state index in [4.69, 9.17) is 14.7 Å². The molecule has 26 heavy (non-hydrogen) atoms. The van der Waals surface area contributed by atoms with Crippen molar-refractivity contribution in [3.63, 3.8) is 0 Å². The monoisotopic (exact) mass is 351 g/mol. The first-order chi connectivity index (χ1) is 12.4. The lowest BCUT2D eigenvalue weighted by Gasteiger charge is -2.25. The molecule has 1 aromatic heterocycles. The fraction of sp³-hybridized carbons (Fsp3) is 0.250. The van der Waals surface area contributed by atoms with Gasteiger partial charge < -0.3 is 14.7 Å². The third kappa shape index (κ3) is 3.18. The maximum Gasteiger partial charge on any atom is 0.335 e. The third-order valence-electron chi connectivity index (χ3n) is 4.36. The molecule has 0 saturated heterocycles. The number of anilines is 1. The van der Waals surface area contributed by atoms with Gasteiger partial charge in [-0.05, 0) is 44.2 Å². The Labute approximate surface area is 152 Å². The molecule has 3 rings (SSSR count). The summed E-state index contributed by atoms with van der Waals surface area (Å²) in [6.07, 6.45) is 0. The highest BCUT2D eigenvalue weighted by molar-refractivity contribution is 5.93. The van der Waals surface area contributed by atoms with E-state index >= 15 is 0 Å². The second kappa shape index (κ2) is 7.00. The Morgan fingerprint density at radius 2 is 1.85 bits per heavy atom. The number of carboxylic acids is 1. The molecule has 0 radical (unpaired) electrons. The van der Waals surface area contributed by atoms with Crippen LogP contribution in [0.2, 0.25) is 0 Å². The first-order valence-electron chi connectivity index (χ1n) is 8.33. The summed E-state index contributed by atoms with van der Waals surface area (Å²) in [4.78, 5) is 22.8. The molecule has 1 heterocycles. The Balaban J connectivity index is 2.31. The summed E-state index contributed by atoms with van der Waals surface area (Å²) >= 11 is 0. The molecule has 6 heteroatoms. The number of aromatic carboxylic acids is 1. The number of nitrogens with zero attached hydrogens (tertiary/aromatic N) is 3. The van der Waals surface area contributed by atoms with Gasteiger partial charge in [-0.15, -0.1) is 0 Å². The second-order valence-electron chi connectivity index (χ2n) is 6.31. The molecule has 3 aromatic rings. The minimum Gasteiger partial charge on any atom is -0.496 e. The Hall–Kier alpha value is -3.15. The van der Waals surface area contributed by atoms with Crippen molar-refractivity contribution in [2.24, 2.45) is 0 Å². The van der Waals surface area contributed by atoms with E-state index in [0.717, 1.165) is 5.56 Å². The number of benzene rings is 2. The van der Waals surface area contributed by atoms with Gasteiger partial charge in [0.2, 0.25) is 0 Å². The fourth-order valence-electron chi connectivity index (χ4n) is 2.69. The molecule has 0 aliphatic heterocycles. The lowest BCUT2D eigenvalue weighted by Crippen LogP contribution is -2.27. The third-order valence-corrected chi connectivity index (χ3v) is 4.36. The van der Waals surface area contributed by atoms with Crippen molar-refractivity contribution < 1.29 is 14.6 Å². The molecule has 1 N–H and O–H groups in total. The highest BCUT2D eigenvalue weighted by Gasteiger charge is 2.19. The van der Waals surface area contributed by atoms with Gasteiger partial charge in [0.1, 0.15) is 11.4 Å². The van der Waals surface area contributed by atoms with E-state index in [9.17, 15) is 9.90 Å². The van der Waals surface area contributed by atoms with Crippen molar-refractivity contribution in [1.29, 1.82) is 0 Å². The first-order valence-corrected chi connectivity index (χ1v) is 8.33. The number of aromatic nitrogens is 2. The van der Waals surface area contributed by atoms with Crippen LogP contribution in [0.15, 0.2) is 42.5 Å². The predicted octanol–water partition coefficient (Wildman–Crippen LogP) is 3.85. The summed E-state index contributed by atoms with van der Waals surface area (Å²) in [5, 5.41) is 9.24. The molecule has 0 saturated carbocycles. The van der Waals surface area contributed by atoms with E-state index in [0.29, 0.717) is 28.3 Å². The van der Waals surface area contributed by atoms with Gasteiger partial charge >= 0.3 is 5.97 Å². The molecule has 0 bridgehead atoms. The highest BCUT2D eigenvalue weighted by Crippen LogP contribution is 2.35. The summed E-state index contributed by atoms with van der Waals surface area (Å²) < 4.78 is 5.49. The molecule has 0 spiro atoms. The molecule has 2 aromatic carbocycles. The van der Waals surface area contributed by atoms with Crippen molar-refractivity contribution in [2.45, 2.75) is 19.9 Å². The maximum absolute atomic E-state index is 11.3. The number of hydrogen-bond donors (Lipinski definition) is 1. The van der Waals surface area contributed by atoms with Crippen molar-refractivity contribution >= 4 is 22.8 Å². The van der Waals surface area contributed by atoms with Crippen LogP contribution in [0, 0.1) is 0 Å². The van der Waals surface area contributed by atoms with Crippen LogP contribution in [0.3, 0.4) is 0 Å². The van der Waals surface area contributed by atoms with Crippen LogP contribution in [0.25, 0.3) is 22.3 Å². The number of carboxylic acid groups (broad SMARTS) is 1. The van der Waals surface area contributed by atoms with Gasteiger partial charge in [-0.2, -0.15) is 0 Å². The lowest BCUT2D eigenvalue weighted by molar-refractivity contribution is 0.0697. The van der Waals surface area contributed by atoms with Gasteiger partial charge in [-0.3, -0.25) is 0 Å². The van der Waals surface area contributed by atoms with Crippen molar-refractivity contribution in [3.8, 4) is 17.0 Å². The largest absolute Gasteiger partial charge is 0.496 e. The van der Waals surface area contributed by atoms with Crippen molar-refractivity contribution in [1.82, 2.24) is 9.97 Å². The molecule has 0 atom stereocenters. The summed E-state index contributed by atoms with van der Waals surface area (Å²) in [7, 11) is 3.57. The molecular formula is C20H21N3O3. The lowest BCUT2D eigenvalue weighted by atomic mass is 10.1. The van der Waals surface area contributed by atoms with Crippen LogP contribution in [0.1, 0.15) is 24.2 Å². The van der Waals surface area contributed by atoms with Crippen LogP contribution in [-0.2, 0) is 0 Å². The zero-order valence-electron chi connectivity index (χ0n) is 15.2. The van der Waals surface area contributed by atoms with E-state index in [1.54, 1.807) is 19.2 Å². The average Bonchev–Trinajstić information content (AvgIpc) is 2.65. The minimum absolute atomic E-state index is 0.190. The van der Waals surface area contributed by atoms with Gasteiger partial charge in [0.05, 0.1) is 23.7 Å². The standard InChI is InChI=1S/C20H21N3O3/c1-12(2)23(3)19-18(14-7-5-6-8-17(14)26-4)21-15-10-9-13(20(24)25)11-16(15)22-19/h5-12H,1-4H3,(H,24,25). The number of hydrogen-bond acceptors (Lipinski definition) is 5. The van der Waals surface area contributed by atoms with Gasteiger partial charge in [0.25, 0.3) is 0 Å². The van der Waals surface area contributed by atoms with Crippen LogP contribution in [-0.4, -0.2) is 41.2 Å². The number of rotatable bonds is 5. The number of para-hydroxylation sites is 1. The summed E-state index contributed by atoms with van der Waals surface area (Å²) in [5.74, 6) is 0.405. The Kier molecular flexibility index (Phi) is 4.75. The van der Waals surface area contributed by atoms with Crippen LogP contribution in [0.4, 0.5) is 5.82 Å². The Morgan fingerprint density at radius 1 is 1.12 bits per heavy atom. The summed E-state index contributed by atoms with van der Waals surface area (Å²) in [6, 6.07) is 12.6. The highest BCUT2D eigenvalue weighted by atomic mass is 16.5. The predicted molar refractivity (Wildman–Crippen MR) is 102 cm³/mol. The molecule has 0 aliphatic carbocycles. The van der Waals surface area contributed by atoms with Crippen LogP contribution < -0.4 is 9.64 Å². The van der Waals surface area contributed by atoms with Crippen molar-refractivity contribution in [2.75, 3.05) is 19.1 Å². The first kappa shape index (κ1) is 17.7. The van der Waals surface area contributed by atoms with E-state index in [2.05, 4.69) is 13.8 Å². The van der Waals surface area contributed by atoms with Gasteiger partial charge in [0, 0.05) is 18.7 Å². The Bertz CT molecular complexity index is 970. The SMILES string of the molecule is COc1ccccc1-c1nc2ccc(C(=O)O)cc2nc1N(C)C(C)C. The molecule has 134 valence electrons. The van der Waals surface area contributed by atoms with Gasteiger partial charge in [-0.1, -0.05) is 12.1 Å². The number of fused-ring (bicyclic) bond motifs is 1. The van der Waals surface area contributed by atoms with E-state index in [1.165, 1.54) is 6.07 Å². The average molecular weight is 351 g/mol. The smallest absolute Gasteiger partial charge is 0.335 e. The van der Waals surface area contributed by atoms with E-state index < -0.39 is 5.97 Å². The molecule has 0 amide bonds. The van der Waals surface area contributed by atoms with Crippen molar-refractivity contribution in [3.05, 3.63) is 48.0 Å². The molecule has 0 aliphatic rings. The van der Waals surface area contributed by atoms with E-state index in [-0.39, 0.29) is 11.6 Å². The van der Waals surface area contributed by atoms with Crippen LogP contribution >= 0.6 is 0 Å². The summed E-state index contributed by atoms with van der Waals surface area (Å²) in [5.41, 5.74) is 2.92. The number of carbonyl (C=O) groups is 1. The van der Waals surface area contributed by atoms with Crippen LogP contribution in [0.5, 0.6) is 5.75 Å². The molecule has 0 fully saturated rings. The minimum atomic E-state index is -0.985. The maximum atomic E-state index is 11.3. The van der Waals surface area contributed by atoms with E-state index in [1.807, 2.05) is 36.2 Å². The topological polar surface area (TPSA) is 75.5 Å². The quantitative estimate of drug-likeness (QED) is 0.752. The Morgan fingerprint density at radius 3 is 2.50 bits per heavy atom. The fourth-order valence-corrected chi connectivity index (χ4v) is 2.69. The number of methoxy groups -OCH3 is 1. The molecule has 0 unspecified atom stereocenters. The molecule has 6 nitrogen and oxygen atoms in total. The normalized spacial score (nSPS) is 11.0. The number of ether oxygens (including phenoxy) is 1.